The number of aromatic nitrogens is 6. The third-order valence-electron chi connectivity index (χ3n) is 5.91. The first kappa shape index (κ1) is 27.0. The van der Waals surface area contributed by atoms with Gasteiger partial charge in [-0.25, -0.2) is 23.6 Å². The molecular formula is C24H30ClFN8O2S. The van der Waals surface area contributed by atoms with Crippen LogP contribution in [0.4, 0.5) is 16.0 Å². The number of hydrogen-bond donors (Lipinski definition) is 3. The van der Waals surface area contributed by atoms with Gasteiger partial charge in [0.25, 0.3) is 0 Å². The van der Waals surface area contributed by atoms with E-state index in [4.69, 9.17) is 17.3 Å². The highest BCUT2D eigenvalue weighted by Crippen LogP contribution is 2.34. The van der Waals surface area contributed by atoms with Gasteiger partial charge in [-0.1, -0.05) is 11.6 Å². The fourth-order valence-corrected chi connectivity index (χ4v) is 5.34. The van der Waals surface area contributed by atoms with E-state index in [1.807, 2.05) is 18.2 Å². The van der Waals surface area contributed by atoms with E-state index < -0.39 is 22.4 Å². The van der Waals surface area contributed by atoms with Crippen LogP contribution in [-0.4, -0.2) is 51.8 Å². The normalized spacial score (nSPS) is 14.5. The van der Waals surface area contributed by atoms with Crippen molar-refractivity contribution in [3.8, 4) is 11.3 Å². The van der Waals surface area contributed by atoms with E-state index in [1.54, 1.807) is 36.9 Å². The summed E-state index contributed by atoms with van der Waals surface area (Å²) in [5.74, 6) is -0.0815. The zero-order valence-electron chi connectivity index (χ0n) is 21.3. The summed E-state index contributed by atoms with van der Waals surface area (Å²) in [4.78, 5) is 12.3. The van der Waals surface area contributed by atoms with Crippen molar-refractivity contribution >= 4 is 45.3 Å². The van der Waals surface area contributed by atoms with Crippen molar-refractivity contribution < 1.29 is 13.7 Å². The number of fused-ring (bicyclic) bond motifs is 2. The molecule has 5 rings (SSSR count). The molecule has 1 aliphatic rings. The molecule has 4 aromatic rings. The van der Waals surface area contributed by atoms with Crippen molar-refractivity contribution in [2.24, 2.45) is 0 Å². The minimum absolute atomic E-state index is 0.0352. The lowest BCUT2D eigenvalue weighted by Crippen LogP contribution is -2.29. The summed E-state index contributed by atoms with van der Waals surface area (Å²) in [6.45, 7) is 7.99. The monoisotopic (exact) mass is 548 g/mol. The Kier molecular flexibility index (Phi) is 7.54. The summed E-state index contributed by atoms with van der Waals surface area (Å²) in [5, 5.41) is 17.5. The Morgan fingerprint density at radius 3 is 2.65 bits per heavy atom. The molecule has 1 aliphatic heterocycles. The Labute approximate surface area is 221 Å². The molecule has 0 saturated heterocycles. The molecule has 4 heterocycles. The smallest absolute Gasteiger partial charge is 0.220 e. The summed E-state index contributed by atoms with van der Waals surface area (Å²) in [6, 6.07) is 3.02. The highest BCUT2D eigenvalue weighted by Gasteiger charge is 2.28. The number of aryl methyl sites for hydroxylation is 1. The number of halogens is 2. The summed E-state index contributed by atoms with van der Waals surface area (Å²) in [7, 11) is -0.918. The molecule has 0 fully saturated rings. The fourth-order valence-electron chi connectivity index (χ4n) is 4.32. The Hall–Kier alpha value is -3.09. The maximum absolute atomic E-state index is 14.7. The van der Waals surface area contributed by atoms with Crippen molar-refractivity contribution in [1.29, 1.82) is 0 Å². The van der Waals surface area contributed by atoms with Crippen molar-refractivity contribution in [1.82, 2.24) is 29.7 Å². The average molecular weight is 549 g/mol. The molecule has 1 atom stereocenters. The fraction of sp³-hybridized carbons (Fsp3) is 0.417. The van der Waals surface area contributed by atoms with Crippen LogP contribution in [-0.2, 0) is 23.0 Å². The molecule has 3 aromatic heterocycles. The molecule has 198 valence electrons. The molecule has 37 heavy (non-hydrogen) atoms. The maximum atomic E-state index is 14.7. The Balaban J connectivity index is 0.000000222. The van der Waals surface area contributed by atoms with E-state index >= 15 is 0 Å². The average Bonchev–Trinajstić information content (AvgIpc) is 3.45. The number of rotatable bonds is 4. The summed E-state index contributed by atoms with van der Waals surface area (Å²) >= 11 is 6.15. The van der Waals surface area contributed by atoms with Crippen molar-refractivity contribution in [2.45, 2.75) is 52.2 Å². The van der Waals surface area contributed by atoms with Gasteiger partial charge in [0.15, 0.2) is 5.82 Å². The molecule has 10 nitrogen and oxygen atoms in total. The number of benzene rings is 1. The first-order chi connectivity index (χ1) is 17.4. The predicted octanol–water partition coefficient (Wildman–Crippen LogP) is 4.13. The number of nitrogens with zero attached hydrogens (tertiary/aromatic N) is 6. The number of aliphatic hydroxyl groups is 1. The molecule has 0 radical (unpaired) electrons. The molecule has 0 spiro atoms. The number of aromatic amines is 1. The summed E-state index contributed by atoms with van der Waals surface area (Å²) in [6.07, 6.45) is 6.89. The molecular weight excluding hydrogens is 519 g/mol. The number of nitrogen functional groups attached to an aromatic ring is 1. The van der Waals surface area contributed by atoms with Crippen LogP contribution in [0.1, 0.15) is 51.7 Å². The molecule has 13 heteroatoms. The third kappa shape index (κ3) is 5.46. The number of hydrogen-bond acceptors (Lipinski definition) is 7. The van der Waals surface area contributed by atoms with Crippen LogP contribution in [0.15, 0.2) is 24.5 Å². The first-order valence-electron chi connectivity index (χ1n) is 11.7. The van der Waals surface area contributed by atoms with Gasteiger partial charge >= 0.3 is 0 Å². The standard InChI is InChI=1S/C17H19ClFN5O.C7H11N3OS/c1-8(2)24-12-6-9(13-10(18)7-21-16(20)23-13)5-11(19)14(12)22-15(24)17(3,4)25;1-12(11)10-4-2-3-6-7(10)5-8-9-6/h5-8,25H,1-4H3,(H2,20,21,23);5H,2-4H2,1H3,(H,8,9). The zero-order valence-corrected chi connectivity index (χ0v) is 22.9. The third-order valence-corrected chi connectivity index (χ3v) is 7.19. The van der Waals surface area contributed by atoms with Crippen molar-refractivity contribution in [3.05, 3.63) is 46.9 Å². The van der Waals surface area contributed by atoms with E-state index in [9.17, 15) is 13.7 Å². The summed E-state index contributed by atoms with van der Waals surface area (Å²) in [5.41, 5.74) is 8.07. The van der Waals surface area contributed by atoms with E-state index in [0.717, 1.165) is 30.8 Å². The van der Waals surface area contributed by atoms with E-state index in [1.165, 1.54) is 12.3 Å². The number of H-pyrrole nitrogens is 1. The van der Waals surface area contributed by atoms with Gasteiger partial charge in [0.1, 0.15) is 27.9 Å². The van der Waals surface area contributed by atoms with Crippen LogP contribution >= 0.6 is 11.6 Å². The zero-order chi connectivity index (χ0) is 27.1. The quantitative estimate of drug-likeness (QED) is 0.348. The molecule has 1 unspecified atom stereocenters. The predicted molar refractivity (Wildman–Crippen MR) is 144 cm³/mol. The molecule has 0 bridgehead atoms. The van der Waals surface area contributed by atoms with Gasteiger partial charge in [-0.2, -0.15) is 5.10 Å². The molecule has 0 saturated carbocycles. The Morgan fingerprint density at radius 1 is 1.27 bits per heavy atom. The largest absolute Gasteiger partial charge is 0.383 e. The minimum Gasteiger partial charge on any atom is -0.383 e. The SMILES string of the molecule is CC(C)n1c(C(C)(C)O)nc2c(F)cc(-c3nc(N)ncc3Cl)cc21.CS(=O)N1CCCc2[nH]ncc21. The lowest BCUT2D eigenvalue weighted by Gasteiger charge is -2.24. The van der Waals surface area contributed by atoms with Gasteiger partial charge in [-0.15, -0.1) is 0 Å². The molecule has 0 amide bonds. The van der Waals surface area contributed by atoms with Gasteiger partial charge in [-0.05, 0) is 52.7 Å². The lowest BCUT2D eigenvalue weighted by atomic mass is 10.1. The van der Waals surface area contributed by atoms with Crippen LogP contribution in [0.5, 0.6) is 0 Å². The highest BCUT2D eigenvalue weighted by atomic mass is 35.5. The Morgan fingerprint density at radius 2 is 2.00 bits per heavy atom. The first-order valence-corrected chi connectivity index (χ1v) is 13.6. The Bertz CT molecular complexity index is 1460. The van der Waals surface area contributed by atoms with E-state index in [0.29, 0.717) is 22.6 Å². The molecule has 1 aromatic carbocycles. The van der Waals surface area contributed by atoms with Gasteiger partial charge in [-0.3, -0.25) is 9.40 Å². The number of nitrogens with two attached hydrogens (primary N) is 1. The summed E-state index contributed by atoms with van der Waals surface area (Å²) < 4.78 is 29.7. The molecule has 4 N–H and O–H groups in total. The minimum atomic E-state index is -1.22. The molecule has 0 aliphatic carbocycles. The van der Waals surface area contributed by atoms with Crippen LogP contribution in [0.25, 0.3) is 22.3 Å². The van der Waals surface area contributed by atoms with Gasteiger partial charge in [0.05, 0.1) is 40.0 Å². The number of imidazole rings is 1. The van der Waals surface area contributed by atoms with Gasteiger partial charge in [0, 0.05) is 24.4 Å². The van der Waals surface area contributed by atoms with Crippen LogP contribution in [0.3, 0.4) is 0 Å². The highest BCUT2D eigenvalue weighted by molar-refractivity contribution is 7.85. The maximum Gasteiger partial charge on any atom is 0.220 e. The van der Waals surface area contributed by atoms with Crippen LogP contribution in [0.2, 0.25) is 5.02 Å². The lowest BCUT2D eigenvalue weighted by molar-refractivity contribution is 0.0641. The van der Waals surface area contributed by atoms with Gasteiger partial charge in [0.2, 0.25) is 5.95 Å². The number of nitrogens with one attached hydrogen (secondary N) is 1. The second kappa shape index (κ2) is 10.3. The van der Waals surface area contributed by atoms with Crippen molar-refractivity contribution in [2.75, 3.05) is 22.8 Å². The van der Waals surface area contributed by atoms with E-state index in [2.05, 4.69) is 25.1 Å². The second-order valence-electron chi connectivity index (χ2n) is 9.57. The van der Waals surface area contributed by atoms with Crippen LogP contribution < -0.4 is 10.0 Å². The topological polar surface area (TPSA) is 139 Å². The van der Waals surface area contributed by atoms with Crippen molar-refractivity contribution in [3.63, 3.8) is 0 Å². The second-order valence-corrected chi connectivity index (χ2v) is 11.3. The number of anilines is 2. The van der Waals surface area contributed by atoms with E-state index in [-0.39, 0.29) is 22.5 Å². The van der Waals surface area contributed by atoms with Gasteiger partial charge < -0.3 is 15.4 Å². The van der Waals surface area contributed by atoms with Crippen LogP contribution in [0, 0.1) is 5.82 Å².